The van der Waals surface area contributed by atoms with Crippen molar-refractivity contribution < 1.29 is 4.79 Å². The van der Waals surface area contributed by atoms with Crippen LogP contribution in [0.1, 0.15) is 30.8 Å². The minimum atomic E-state index is -0.132. The number of amides is 1. The molecule has 0 spiro atoms. The van der Waals surface area contributed by atoms with Gasteiger partial charge in [0.2, 0.25) is 0 Å². The van der Waals surface area contributed by atoms with Gasteiger partial charge in [0.05, 0.1) is 0 Å². The molecular formula is C12H19N3O. The maximum absolute atomic E-state index is 11.8. The molecule has 0 saturated heterocycles. The van der Waals surface area contributed by atoms with Gasteiger partial charge in [-0.3, -0.25) is 9.78 Å². The molecule has 4 nitrogen and oxygen atoms in total. The predicted octanol–water partition coefficient (Wildman–Crippen LogP) is 1.18. The summed E-state index contributed by atoms with van der Waals surface area (Å²) in [5.41, 5.74) is 5.96. The van der Waals surface area contributed by atoms with Crippen molar-refractivity contribution in [3.05, 3.63) is 30.1 Å². The van der Waals surface area contributed by atoms with Crippen LogP contribution in [0.4, 0.5) is 0 Å². The van der Waals surface area contributed by atoms with Crippen LogP contribution in [0.3, 0.4) is 0 Å². The van der Waals surface area contributed by atoms with Crippen LogP contribution >= 0.6 is 0 Å². The van der Waals surface area contributed by atoms with Gasteiger partial charge in [0.15, 0.2) is 0 Å². The highest BCUT2D eigenvalue weighted by Gasteiger charge is 2.16. The monoisotopic (exact) mass is 221 g/mol. The molecular weight excluding hydrogens is 202 g/mol. The van der Waals surface area contributed by atoms with Gasteiger partial charge in [-0.25, -0.2) is 0 Å². The summed E-state index contributed by atoms with van der Waals surface area (Å²) in [4.78, 5) is 15.8. The number of hydrogen-bond donors (Lipinski definition) is 2. The molecule has 16 heavy (non-hydrogen) atoms. The van der Waals surface area contributed by atoms with Gasteiger partial charge in [-0.1, -0.05) is 19.9 Å². The summed E-state index contributed by atoms with van der Waals surface area (Å²) in [6.07, 6.45) is 2.40. The fourth-order valence-electron chi connectivity index (χ4n) is 1.49. The lowest BCUT2D eigenvalue weighted by Gasteiger charge is -2.21. The minimum absolute atomic E-state index is 0.111. The number of nitrogens with one attached hydrogen (secondary N) is 1. The molecule has 0 bridgehead atoms. The van der Waals surface area contributed by atoms with Crippen LogP contribution in [-0.2, 0) is 0 Å². The van der Waals surface area contributed by atoms with Gasteiger partial charge in [-0.05, 0) is 31.0 Å². The molecule has 0 aliphatic carbocycles. The van der Waals surface area contributed by atoms with E-state index in [1.165, 1.54) is 0 Å². The SMILES string of the molecule is CC(C)C(CCN)NC(=O)c1ccccn1. The van der Waals surface area contributed by atoms with E-state index in [0.717, 1.165) is 6.42 Å². The molecule has 1 heterocycles. The van der Waals surface area contributed by atoms with Crippen LogP contribution in [0.25, 0.3) is 0 Å². The molecule has 88 valence electrons. The normalized spacial score (nSPS) is 12.5. The van der Waals surface area contributed by atoms with Gasteiger partial charge in [-0.15, -0.1) is 0 Å². The van der Waals surface area contributed by atoms with Crippen LogP contribution in [0, 0.1) is 5.92 Å². The van der Waals surface area contributed by atoms with E-state index in [-0.39, 0.29) is 11.9 Å². The van der Waals surface area contributed by atoms with Crippen LogP contribution in [0.15, 0.2) is 24.4 Å². The molecule has 4 heteroatoms. The van der Waals surface area contributed by atoms with Gasteiger partial charge in [0.25, 0.3) is 5.91 Å². The highest BCUT2D eigenvalue weighted by Crippen LogP contribution is 2.06. The van der Waals surface area contributed by atoms with E-state index in [4.69, 9.17) is 5.73 Å². The first kappa shape index (κ1) is 12.6. The molecule has 1 atom stereocenters. The zero-order valence-electron chi connectivity index (χ0n) is 9.81. The molecule has 1 aromatic heterocycles. The molecule has 0 aromatic carbocycles. The van der Waals surface area contributed by atoms with Crippen LogP contribution in [-0.4, -0.2) is 23.5 Å². The summed E-state index contributed by atoms with van der Waals surface area (Å²) in [5, 5.41) is 2.95. The van der Waals surface area contributed by atoms with Crippen molar-refractivity contribution in [1.29, 1.82) is 0 Å². The molecule has 0 aliphatic rings. The number of nitrogens with two attached hydrogens (primary N) is 1. The van der Waals surface area contributed by atoms with Crippen molar-refractivity contribution in [3.63, 3.8) is 0 Å². The van der Waals surface area contributed by atoms with Gasteiger partial charge in [-0.2, -0.15) is 0 Å². The lowest BCUT2D eigenvalue weighted by Crippen LogP contribution is -2.40. The first-order valence-corrected chi connectivity index (χ1v) is 5.57. The van der Waals surface area contributed by atoms with E-state index in [1.54, 1.807) is 24.4 Å². The standard InChI is InChI=1S/C12H19N3O/c1-9(2)10(6-7-13)15-12(16)11-5-3-4-8-14-11/h3-5,8-10H,6-7,13H2,1-2H3,(H,15,16). The van der Waals surface area contributed by atoms with E-state index < -0.39 is 0 Å². The molecule has 3 N–H and O–H groups in total. The Morgan fingerprint density at radius 3 is 2.75 bits per heavy atom. The first-order valence-electron chi connectivity index (χ1n) is 5.57. The fraction of sp³-hybridized carbons (Fsp3) is 0.500. The summed E-state index contributed by atoms with van der Waals surface area (Å²) in [6, 6.07) is 5.40. The van der Waals surface area contributed by atoms with Crippen LogP contribution in [0.2, 0.25) is 0 Å². The molecule has 1 rings (SSSR count). The van der Waals surface area contributed by atoms with Gasteiger partial charge in [0.1, 0.15) is 5.69 Å². The number of carbonyl (C=O) groups excluding carboxylic acids is 1. The fourth-order valence-corrected chi connectivity index (χ4v) is 1.49. The number of aromatic nitrogens is 1. The van der Waals surface area contributed by atoms with E-state index in [2.05, 4.69) is 24.1 Å². The number of pyridine rings is 1. The van der Waals surface area contributed by atoms with E-state index in [0.29, 0.717) is 18.2 Å². The van der Waals surface area contributed by atoms with Crippen LogP contribution in [0.5, 0.6) is 0 Å². The number of rotatable bonds is 5. The Morgan fingerprint density at radius 2 is 2.25 bits per heavy atom. The average molecular weight is 221 g/mol. The Bertz CT molecular complexity index is 324. The quantitative estimate of drug-likeness (QED) is 0.784. The Kier molecular flexibility index (Phi) is 4.92. The third-order valence-electron chi connectivity index (χ3n) is 2.50. The number of carbonyl (C=O) groups is 1. The van der Waals surface area contributed by atoms with Gasteiger partial charge >= 0.3 is 0 Å². The summed E-state index contributed by atoms with van der Waals surface area (Å²) in [7, 11) is 0. The second-order valence-electron chi connectivity index (χ2n) is 4.12. The topological polar surface area (TPSA) is 68.0 Å². The zero-order chi connectivity index (χ0) is 12.0. The Morgan fingerprint density at radius 1 is 1.50 bits per heavy atom. The van der Waals surface area contributed by atoms with Crippen molar-refractivity contribution >= 4 is 5.91 Å². The largest absolute Gasteiger partial charge is 0.348 e. The zero-order valence-corrected chi connectivity index (χ0v) is 9.81. The van der Waals surface area contributed by atoms with Crippen molar-refractivity contribution in [2.24, 2.45) is 11.7 Å². The maximum Gasteiger partial charge on any atom is 0.270 e. The summed E-state index contributed by atoms with van der Waals surface area (Å²) in [6.45, 7) is 4.71. The lowest BCUT2D eigenvalue weighted by molar-refractivity contribution is 0.0919. The third-order valence-corrected chi connectivity index (χ3v) is 2.50. The van der Waals surface area contributed by atoms with E-state index in [1.807, 2.05) is 0 Å². The van der Waals surface area contributed by atoms with Gasteiger partial charge in [0, 0.05) is 12.2 Å². The van der Waals surface area contributed by atoms with Crippen molar-refractivity contribution in [2.75, 3.05) is 6.54 Å². The lowest BCUT2D eigenvalue weighted by atomic mass is 10.0. The molecule has 1 aromatic rings. The molecule has 0 aliphatic heterocycles. The number of hydrogen-bond acceptors (Lipinski definition) is 3. The molecule has 0 radical (unpaired) electrons. The Labute approximate surface area is 96.3 Å². The molecule has 1 amide bonds. The summed E-state index contributed by atoms with van der Waals surface area (Å²) in [5.74, 6) is 0.240. The van der Waals surface area contributed by atoms with Crippen LogP contribution < -0.4 is 11.1 Å². The van der Waals surface area contributed by atoms with E-state index >= 15 is 0 Å². The summed E-state index contributed by atoms with van der Waals surface area (Å²) >= 11 is 0. The number of nitrogens with zero attached hydrogens (tertiary/aromatic N) is 1. The van der Waals surface area contributed by atoms with Crippen molar-refractivity contribution in [2.45, 2.75) is 26.3 Å². The third kappa shape index (κ3) is 3.62. The van der Waals surface area contributed by atoms with Crippen molar-refractivity contribution in [3.8, 4) is 0 Å². The average Bonchev–Trinajstić information content (AvgIpc) is 2.29. The van der Waals surface area contributed by atoms with E-state index in [9.17, 15) is 4.79 Å². The minimum Gasteiger partial charge on any atom is -0.348 e. The van der Waals surface area contributed by atoms with Crippen molar-refractivity contribution in [1.82, 2.24) is 10.3 Å². The highest BCUT2D eigenvalue weighted by atomic mass is 16.1. The Hall–Kier alpha value is -1.42. The molecule has 1 unspecified atom stereocenters. The maximum atomic E-state index is 11.8. The first-order chi connectivity index (χ1) is 7.65. The molecule has 0 fully saturated rings. The highest BCUT2D eigenvalue weighted by molar-refractivity contribution is 5.92. The van der Waals surface area contributed by atoms with Gasteiger partial charge < -0.3 is 11.1 Å². The Balaban J connectivity index is 2.62. The predicted molar refractivity (Wildman–Crippen MR) is 64.0 cm³/mol. The second-order valence-corrected chi connectivity index (χ2v) is 4.12. The summed E-state index contributed by atoms with van der Waals surface area (Å²) < 4.78 is 0. The molecule has 0 saturated carbocycles. The smallest absolute Gasteiger partial charge is 0.270 e. The second kappa shape index (κ2) is 6.23.